The molecule has 3 atom stereocenters. The highest BCUT2D eigenvalue weighted by Crippen LogP contribution is 2.35. The number of hydrogen-bond donors (Lipinski definition) is 1. The number of nitrogens with zero attached hydrogens (tertiary/aromatic N) is 2. The van der Waals surface area contributed by atoms with Gasteiger partial charge in [-0.2, -0.15) is 0 Å². The van der Waals surface area contributed by atoms with E-state index in [4.69, 9.17) is 22.8 Å². The second-order valence-corrected chi connectivity index (χ2v) is 10.5. The van der Waals surface area contributed by atoms with Crippen molar-refractivity contribution in [3.05, 3.63) is 23.2 Å². The summed E-state index contributed by atoms with van der Waals surface area (Å²) in [5.74, 6) is 2.20. The van der Waals surface area contributed by atoms with Crippen LogP contribution in [0.3, 0.4) is 0 Å². The summed E-state index contributed by atoms with van der Waals surface area (Å²) in [7, 11) is 0. The number of rotatable bonds is 6. The van der Waals surface area contributed by atoms with E-state index in [0.29, 0.717) is 29.7 Å². The fraction of sp³-hybridized carbons (Fsp3) is 0.600. The van der Waals surface area contributed by atoms with Crippen molar-refractivity contribution < 1.29 is 14.3 Å². The summed E-state index contributed by atoms with van der Waals surface area (Å²) < 4.78 is 5.79. The minimum Gasteiger partial charge on any atom is -0.384 e. The van der Waals surface area contributed by atoms with Crippen LogP contribution in [0.2, 0.25) is 5.02 Å². The van der Waals surface area contributed by atoms with E-state index in [1.54, 1.807) is 17.0 Å². The lowest BCUT2D eigenvalue weighted by molar-refractivity contribution is -0.147. The summed E-state index contributed by atoms with van der Waals surface area (Å²) in [6.07, 6.45) is 7.86. The quantitative estimate of drug-likeness (QED) is 0.648. The average molecular weight is 460 g/mol. The van der Waals surface area contributed by atoms with Crippen molar-refractivity contribution in [2.24, 2.45) is 11.3 Å². The smallest absolute Gasteiger partial charge is 0.303 e. The molecule has 2 amide bonds. The zero-order valence-corrected chi connectivity index (χ0v) is 20.4. The van der Waals surface area contributed by atoms with Gasteiger partial charge in [0.1, 0.15) is 6.04 Å². The number of morpholine rings is 1. The molecule has 1 N–H and O–H groups in total. The number of ether oxygens (including phenoxy) is 1. The Labute approximate surface area is 196 Å². The molecule has 1 unspecified atom stereocenters. The van der Waals surface area contributed by atoms with E-state index < -0.39 is 17.4 Å². The number of carbonyl (C=O) groups is 2. The second-order valence-electron chi connectivity index (χ2n) is 10.1. The van der Waals surface area contributed by atoms with Crippen LogP contribution in [-0.2, 0) is 14.3 Å². The summed E-state index contributed by atoms with van der Waals surface area (Å²) in [5.41, 5.74) is 0.756. The maximum atomic E-state index is 13.8. The van der Waals surface area contributed by atoms with Crippen molar-refractivity contribution in [2.75, 3.05) is 29.9 Å². The Kier molecular flexibility index (Phi) is 7.42. The molecule has 3 rings (SSSR count). The molecule has 1 saturated carbocycles. The summed E-state index contributed by atoms with van der Waals surface area (Å²) in [6, 6.07) is 4.57. The lowest BCUT2D eigenvalue weighted by atomic mass is 9.83. The van der Waals surface area contributed by atoms with Gasteiger partial charge in [-0.15, -0.1) is 6.42 Å². The molecule has 1 aliphatic carbocycles. The van der Waals surface area contributed by atoms with Gasteiger partial charge in [-0.3, -0.25) is 14.5 Å². The molecule has 1 heterocycles. The molecule has 1 saturated heterocycles. The van der Waals surface area contributed by atoms with Crippen LogP contribution in [-0.4, -0.2) is 54.6 Å². The normalized spacial score (nSPS) is 22.1. The first-order chi connectivity index (χ1) is 15.0. The predicted molar refractivity (Wildman–Crippen MR) is 129 cm³/mol. The Morgan fingerprint density at radius 1 is 1.28 bits per heavy atom. The highest BCUT2D eigenvalue weighted by Gasteiger charge is 2.43. The minimum atomic E-state index is -0.787. The Balaban J connectivity index is 1.95. The fourth-order valence-corrected chi connectivity index (χ4v) is 4.47. The van der Waals surface area contributed by atoms with Crippen LogP contribution >= 0.6 is 11.6 Å². The van der Waals surface area contributed by atoms with Crippen LogP contribution < -0.4 is 10.2 Å². The Morgan fingerprint density at radius 3 is 2.41 bits per heavy atom. The zero-order chi connectivity index (χ0) is 23.6. The summed E-state index contributed by atoms with van der Waals surface area (Å²) in [4.78, 5) is 29.9. The number of terminal acetylenes is 1. The molecule has 2 fully saturated rings. The molecule has 1 aliphatic heterocycles. The molecule has 2 aliphatic rings. The third kappa shape index (κ3) is 5.76. The van der Waals surface area contributed by atoms with Crippen molar-refractivity contribution in [1.82, 2.24) is 4.90 Å². The summed E-state index contributed by atoms with van der Waals surface area (Å²) >= 11 is 6.55. The van der Waals surface area contributed by atoms with Crippen molar-refractivity contribution in [1.29, 1.82) is 0 Å². The van der Waals surface area contributed by atoms with Crippen LogP contribution in [0.1, 0.15) is 47.5 Å². The van der Waals surface area contributed by atoms with E-state index in [9.17, 15) is 9.59 Å². The highest BCUT2D eigenvalue weighted by atomic mass is 35.5. The molecule has 1 aromatic rings. The number of hydrogen-bond acceptors (Lipinski definition) is 4. The van der Waals surface area contributed by atoms with Gasteiger partial charge < -0.3 is 15.0 Å². The van der Waals surface area contributed by atoms with Gasteiger partial charge >= 0.3 is 5.91 Å². The maximum Gasteiger partial charge on any atom is 0.303 e. The van der Waals surface area contributed by atoms with Gasteiger partial charge in [-0.1, -0.05) is 32.4 Å². The largest absolute Gasteiger partial charge is 0.384 e. The lowest BCUT2D eigenvalue weighted by Gasteiger charge is -2.43. The van der Waals surface area contributed by atoms with E-state index in [1.165, 1.54) is 17.7 Å². The molecule has 7 heteroatoms. The van der Waals surface area contributed by atoms with E-state index in [2.05, 4.69) is 11.2 Å². The monoisotopic (exact) mass is 459 g/mol. The van der Waals surface area contributed by atoms with E-state index in [-0.39, 0.29) is 18.1 Å². The Bertz CT molecular complexity index is 891. The van der Waals surface area contributed by atoms with Crippen molar-refractivity contribution in [3.8, 4) is 12.3 Å². The number of carbonyl (C=O) groups excluding carboxylic acids is 2. The number of benzene rings is 1. The van der Waals surface area contributed by atoms with Crippen molar-refractivity contribution in [3.63, 3.8) is 0 Å². The zero-order valence-electron chi connectivity index (χ0n) is 19.7. The first-order valence-corrected chi connectivity index (χ1v) is 11.7. The van der Waals surface area contributed by atoms with Gasteiger partial charge in [0.05, 0.1) is 22.9 Å². The van der Waals surface area contributed by atoms with E-state index >= 15 is 0 Å². The number of halogens is 1. The number of anilines is 2. The standard InChI is InChI=1S/C25H34ClN3O3/c1-7-22(30)29(19-10-11-21(20(26)12-19)27-13-18-8-9-18)23(25(4,5)6)24(31)28-14-16(2)32-17(3)15-28/h1,10-12,16-18,23,27H,8-9,13-15H2,2-6H3/t16-,17+,23?. The van der Waals surface area contributed by atoms with Gasteiger partial charge in [0.2, 0.25) is 5.91 Å². The molecular weight excluding hydrogens is 426 g/mol. The van der Waals surface area contributed by atoms with Gasteiger partial charge in [0.15, 0.2) is 0 Å². The second kappa shape index (κ2) is 9.72. The fourth-order valence-electron chi connectivity index (χ4n) is 4.23. The van der Waals surface area contributed by atoms with E-state index in [0.717, 1.165) is 12.2 Å². The van der Waals surface area contributed by atoms with Crippen LogP contribution in [0.5, 0.6) is 0 Å². The number of amides is 2. The van der Waals surface area contributed by atoms with Gasteiger partial charge in [0, 0.05) is 25.3 Å². The molecule has 0 bridgehead atoms. The molecule has 174 valence electrons. The Hall–Kier alpha value is -2.23. The topological polar surface area (TPSA) is 61.9 Å². The molecule has 0 aromatic heterocycles. The minimum absolute atomic E-state index is 0.0774. The predicted octanol–water partition coefficient (Wildman–Crippen LogP) is 4.18. The van der Waals surface area contributed by atoms with Crippen LogP contribution in [0.15, 0.2) is 18.2 Å². The molecule has 0 radical (unpaired) electrons. The van der Waals surface area contributed by atoms with Crippen LogP contribution in [0, 0.1) is 23.7 Å². The molecule has 0 spiro atoms. The maximum absolute atomic E-state index is 13.8. The third-order valence-corrected chi connectivity index (χ3v) is 6.21. The first kappa shape index (κ1) is 24.4. The molecule has 32 heavy (non-hydrogen) atoms. The van der Waals surface area contributed by atoms with Crippen LogP contribution in [0.25, 0.3) is 0 Å². The third-order valence-electron chi connectivity index (χ3n) is 5.89. The first-order valence-electron chi connectivity index (χ1n) is 11.3. The SMILES string of the molecule is C#CC(=O)N(c1ccc(NCC2CC2)c(Cl)c1)C(C(=O)N1C[C@@H](C)O[C@@H](C)C1)C(C)(C)C. The molecular formula is C25H34ClN3O3. The summed E-state index contributed by atoms with van der Waals surface area (Å²) in [5, 5.41) is 3.86. The van der Waals surface area contributed by atoms with Gasteiger partial charge in [-0.05, 0) is 62.1 Å². The average Bonchev–Trinajstić information content (AvgIpc) is 3.53. The lowest BCUT2D eigenvalue weighted by Crippen LogP contribution is -2.60. The molecule has 1 aromatic carbocycles. The van der Waals surface area contributed by atoms with Crippen LogP contribution in [0.4, 0.5) is 11.4 Å². The number of nitrogens with one attached hydrogen (secondary N) is 1. The van der Waals surface area contributed by atoms with Gasteiger partial charge in [0.25, 0.3) is 0 Å². The van der Waals surface area contributed by atoms with Crippen molar-refractivity contribution >= 4 is 34.8 Å². The summed E-state index contributed by atoms with van der Waals surface area (Å²) in [6.45, 7) is 11.5. The van der Waals surface area contributed by atoms with Gasteiger partial charge in [-0.25, -0.2) is 0 Å². The highest BCUT2D eigenvalue weighted by molar-refractivity contribution is 6.33. The Morgan fingerprint density at radius 2 is 1.91 bits per heavy atom. The van der Waals surface area contributed by atoms with E-state index in [1.807, 2.05) is 40.7 Å². The van der Waals surface area contributed by atoms with Crippen molar-refractivity contribution in [2.45, 2.75) is 65.7 Å². The molecule has 6 nitrogen and oxygen atoms in total.